The van der Waals surface area contributed by atoms with Crippen LogP contribution >= 0.6 is 12.2 Å². The van der Waals surface area contributed by atoms with E-state index in [4.69, 9.17) is 18.0 Å². The van der Waals surface area contributed by atoms with Crippen LogP contribution < -0.4 is 5.73 Å². The number of likely N-dealkylation sites (N-methyl/N-ethyl adjacent to an activating group) is 1. The van der Waals surface area contributed by atoms with E-state index in [0.29, 0.717) is 25.2 Å². The Labute approximate surface area is 117 Å². The predicted molar refractivity (Wildman–Crippen MR) is 75.2 cm³/mol. The molecule has 102 valence electrons. The number of benzene rings is 1. The Kier molecular flexibility index (Phi) is 4.11. The van der Waals surface area contributed by atoms with Crippen molar-refractivity contribution in [3.05, 3.63) is 35.1 Å². The summed E-state index contributed by atoms with van der Waals surface area (Å²) in [7, 11) is 1.78. The maximum atomic E-state index is 13.5. The van der Waals surface area contributed by atoms with E-state index in [-0.39, 0.29) is 16.7 Å². The molecule has 0 spiro atoms. The minimum atomic E-state index is -0.360. The second-order valence-corrected chi connectivity index (χ2v) is 5.18. The summed E-state index contributed by atoms with van der Waals surface area (Å²) >= 11 is 4.86. The number of nitrogens with zero attached hydrogens (tertiary/aromatic N) is 2. The molecule has 1 saturated heterocycles. The highest BCUT2D eigenvalue weighted by atomic mass is 32.1. The van der Waals surface area contributed by atoms with Crippen molar-refractivity contribution in [3.63, 3.8) is 0 Å². The molecule has 1 aliphatic rings. The molecule has 0 aromatic heterocycles. The molecule has 2 rings (SSSR count). The van der Waals surface area contributed by atoms with Crippen molar-refractivity contribution in [2.24, 2.45) is 5.73 Å². The van der Waals surface area contributed by atoms with Gasteiger partial charge < -0.3 is 10.6 Å². The molecule has 6 heteroatoms. The van der Waals surface area contributed by atoms with Gasteiger partial charge in [0.1, 0.15) is 10.8 Å². The van der Waals surface area contributed by atoms with Crippen LogP contribution in [0.2, 0.25) is 0 Å². The first-order valence-corrected chi connectivity index (χ1v) is 6.42. The quantitative estimate of drug-likeness (QED) is 0.830. The predicted octanol–water partition coefficient (Wildman–Crippen LogP) is 0.734. The lowest BCUT2D eigenvalue weighted by Crippen LogP contribution is -2.47. The molecule has 1 heterocycles. The maximum Gasteiger partial charge on any atom is 0.236 e. The monoisotopic (exact) mass is 281 g/mol. The topological polar surface area (TPSA) is 49.6 Å². The van der Waals surface area contributed by atoms with Crippen LogP contribution in [0.3, 0.4) is 0 Å². The number of halogens is 1. The van der Waals surface area contributed by atoms with E-state index >= 15 is 0 Å². The molecule has 1 aromatic rings. The number of carbonyl (C=O) groups is 1. The van der Waals surface area contributed by atoms with Gasteiger partial charge in [0, 0.05) is 32.2 Å². The third-order valence-corrected chi connectivity index (χ3v) is 3.42. The zero-order valence-electron chi connectivity index (χ0n) is 10.7. The molecule has 0 radical (unpaired) electrons. The van der Waals surface area contributed by atoms with Gasteiger partial charge in [-0.1, -0.05) is 12.2 Å². The smallest absolute Gasteiger partial charge is 0.236 e. The Hall–Kier alpha value is -1.53. The van der Waals surface area contributed by atoms with Gasteiger partial charge in [0.05, 0.1) is 6.54 Å². The van der Waals surface area contributed by atoms with Crippen molar-refractivity contribution in [1.29, 1.82) is 0 Å². The lowest BCUT2D eigenvalue weighted by atomic mass is 10.1. The van der Waals surface area contributed by atoms with Gasteiger partial charge in [-0.3, -0.25) is 9.69 Å². The van der Waals surface area contributed by atoms with Gasteiger partial charge in [0.25, 0.3) is 0 Å². The molecule has 0 bridgehead atoms. The maximum absolute atomic E-state index is 13.5. The number of rotatable bonds is 3. The molecule has 0 atom stereocenters. The number of carbonyl (C=O) groups excluding carboxylic acids is 1. The van der Waals surface area contributed by atoms with Gasteiger partial charge in [-0.2, -0.15) is 0 Å². The minimum Gasteiger partial charge on any atom is -0.389 e. The summed E-state index contributed by atoms with van der Waals surface area (Å²) in [4.78, 5) is 15.5. The lowest BCUT2D eigenvalue weighted by Gasteiger charge is -2.31. The lowest BCUT2D eigenvalue weighted by molar-refractivity contribution is -0.134. The van der Waals surface area contributed by atoms with Gasteiger partial charge in [0.15, 0.2) is 0 Å². The SMILES string of the molecule is CN1CCN(Cc2cc(F)cc(C(N)=S)c2)CC1=O. The van der Waals surface area contributed by atoms with Gasteiger partial charge >= 0.3 is 0 Å². The van der Waals surface area contributed by atoms with Crippen LogP contribution in [-0.2, 0) is 11.3 Å². The van der Waals surface area contributed by atoms with E-state index < -0.39 is 0 Å². The van der Waals surface area contributed by atoms with Crippen molar-refractivity contribution in [2.45, 2.75) is 6.54 Å². The second kappa shape index (κ2) is 5.63. The highest BCUT2D eigenvalue weighted by Crippen LogP contribution is 2.13. The average Bonchev–Trinajstić information content (AvgIpc) is 2.33. The van der Waals surface area contributed by atoms with Gasteiger partial charge in [-0.15, -0.1) is 0 Å². The molecule has 1 amide bonds. The zero-order chi connectivity index (χ0) is 14.0. The standard InChI is InChI=1S/C13H16FN3OS/c1-16-2-3-17(8-12(16)18)7-9-4-10(13(15)19)6-11(14)5-9/h4-6H,2-3,7-8H2,1H3,(H2,15,19). The normalized spacial score (nSPS) is 16.7. The minimum absolute atomic E-state index is 0.0808. The van der Waals surface area contributed by atoms with Crippen LogP contribution in [-0.4, -0.2) is 47.4 Å². The van der Waals surface area contributed by atoms with Crippen molar-refractivity contribution in [3.8, 4) is 0 Å². The molecular weight excluding hydrogens is 265 g/mol. The van der Waals surface area contributed by atoms with E-state index in [1.54, 1.807) is 18.0 Å². The van der Waals surface area contributed by atoms with Gasteiger partial charge in [-0.05, 0) is 23.8 Å². The number of amides is 1. The Balaban J connectivity index is 2.11. The van der Waals surface area contributed by atoms with Crippen molar-refractivity contribution < 1.29 is 9.18 Å². The number of piperazine rings is 1. The molecule has 4 nitrogen and oxygen atoms in total. The van der Waals surface area contributed by atoms with Crippen molar-refractivity contribution in [1.82, 2.24) is 9.80 Å². The van der Waals surface area contributed by atoms with E-state index in [1.165, 1.54) is 12.1 Å². The largest absolute Gasteiger partial charge is 0.389 e. The molecule has 19 heavy (non-hydrogen) atoms. The molecule has 0 unspecified atom stereocenters. The fourth-order valence-corrected chi connectivity index (χ4v) is 2.20. The molecule has 2 N–H and O–H groups in total. The second-order valence-electron chi connectivity index (χ2n) is 4.74. The Morgan fingerprint density at radius 1 is 1.42 bits per heavy atom. The molecule has 0 aliphatic carbocycles. The third-order valence-electron chi connectivity index (χ3n) is 3.18. The highest BCUT2D eigenvalue weighted by Gasteiger charge is 2.21. The summed E-state index contributed by atoms with van der Waals surface area (Å²) in [5.41, 5.74) is 6.81. The summed E-state index contributed by atoms with van der Waals surface area (Å²) < 4.78 is 13.5. The highest BCUT2D eigenvalue weighted by molar-refractivity contribution is 7.80. The third kappa shape index (κ3) is 3.48. The first-order chi connectivity index (χ1) is 8.95. The van der Waals surface area contributed by atoms with E-state index in [9.17, 15) is 9.18 Å². The van der Waals surface area contributed by atoms with Crippen LogP contribution in [0.1, 0.15) is 11.1 Å². The van der Waals surface area contributed by atoms with Gasteiger partial charge in [-0.25, -0.2) is 4.39 Å². The number of hydrogen-bond donors (Lipinski definition) is 1. The summed E-state index contributed by atoms with van der Waals surface area (Å²) in [6.07, 6.45) is 0. The Morgan fingerprint density at radius 3 is 2.79 bits per heavy atom. The van der Waals surface area contributed by atoms with E-state index in [1.807, 2.05) is 4.90 Å². The number of thiocarbonyl (C=S) groups is 1. The summed E-state index contributed by atoms with van der Waals surface area (Å²) in [6, 6.07) is 4.54. The fourth-order valence-electron chi connectivity index (χ4n) is 2.08. The van der Waals surface area contributed by atoms with Crippen molar-refractivity contribution >= 4 is 23.1 Å². The summed E-state index contributed by atoms with van der Waals surface area (Å²) in [6.45, 7) is 2.35. The number of nitrogens with two attached hydrogens (primary N) is 1. The first-order valence-electron chi connectivity index (χ1n) is 6.01. The van der Waals surface area contributed by atoms with Crippen LogP contribution in [0.5, 0.6) is 0 Å². The molecule has 0 saturated carbocycles. The van der Waals surface area contributed by atoms with E-state index in [0.717, 1.165) is 12.1 Å². The van der Waals surface area contributed by atoms with Crippen LogP contribution in [0.15, 0.2) is 18.2 Å². The van der Waals surface area contributed by atoms with Crippen LogP contribution in [0.4, 0.5) is 4.39 Å². The summed E-state index contributed by atoms with van der Waals surface area (Å²) in [5, 5.41) is 0. The molecule has 1 aromatic carbocycles. The van der Waals surface area contributed by atoms with Crippen LogP contribution in [0.25, 0.3) is 0 Å². The first kappa shape index (κ1) is 13.9. The van der Waals surface area contributed by atoms with Crippen LogP contribution in [0, 0.1) is 5.82 Å². The number of hydrogen-bond acceptors (Lipinski definition) is 3. The molecule has 1 fully saturated rings. The fraction of sp³-hybridized carbons (Fsp3) is 0.385. The van der Waals surface area contributed by atoms with E-state index in [2.05, 4.69) is 0 Å². The zero-order valence-corrected chi connectivity index (χ0v) is 11.5. The Bertz CT molecular complexity index is 521. The average molecular weight is 281 g/mol. The van der Waals surface area contributed by atoms with Crippen molar-refractivity contribution in [2.75, 3.05) is 26.7 Å². The molecular formula is C13H16FN3OS. The van der Waals surface area contributed by atoms with Gasteiger partial charge in [0.2, 0.25) is 5.91 Å². The molecule has 1 aliphatic heterocycles. The summed E-state index contributed by atoms with van der Waals surface area (Å²) in [5.74, 6) is -0.280. The Morgan fingerprint density at radius 2 is 2.16 bits per heavy atom.